The number of nitrogens with zero attached hydrogens (tertiary/aromatic N) is 4. The molecule has 3 heterocycles. The highest BCUT2D eigenvalue weighted by Crippen LogP contribution is 2.20. The van der Waals surface area contributed by atoms with E-state index in [2.05, 4.69) is 25.3 Å². The molecule has 148 valence electrons. The standard InChI is InChI=1S/C17H20F2N8O/c18-17(19)11(20)1-2-15-23-7-13(26-15)12-6-16(25-9-24-12)27-4-3-22-10(8-27)5-14(21)28/h1-2,6-7,9-10,17,20,22H,3-5,8H2,(H2,21,28)(H,23,26)/p+1/b2-1-,20-11?. The van der Waals surface area contributed by atoms with Gasteiger partial charge in [-0.25, -0.2) is 15.0 Å². The van der Waals surface area contributed by atoms with E-state index in [0.29, 0.717) is 36.1 Å². The summed E-state index contributed by atoms with van der Waals surface area (Å²) >= 11 is 0. The summed E-state index contributed by atoms with van der Waals surface area (Å²) in [5.41, 5.74) is 5.96. The molecule has 1 aliphatic heterocycles. The predicted octanol–water partition coefficient (Wildman–Crippen LogP) is -1.00. The molecule has 0 saturated carbocycles. The second kappa shape index (κ2) is 8.65. The summed E-state index contributed by atoms with van der Waals surface area (Å²) in [5, 5.41) is 8.46. The van der Waals surface area contributed by atoms with Crippen LogP contribution in [0.15, 0.2) is 24.7 Å². The second-order valence-corrected chi connectivity index (χ2v) is 6.35. The summed E-state index contributed by atoms with van der Waals surface area (Å²) in [6.45, 7) is 2.03. The number of hydrogen-bond acceptors (Lipinski definition) is 6. The van der Waals surface area contributed by atoms with Gasteiger partial charge in [-0.2, -0.15) is 8.78 Å². The van der Waals surface area contributed by atoms with Gasteiger partial charge in [0, 0.05) is 44.2 Å². The van der Waals surface area contributed by atoms with Crippen LogP contribution in [0.25, 0.3) is 17.5 Å². The Labute approximate surface area is 159 Å². The number of carbonyl (C=O) groups excluding carboxylic acids is 1. The van der Waals surface area contributed by atoms with Gasteiger partial charge in [-0.05, 0) is 6.08 Å². The molecule has 1 aliphatic rings. The molecule has 28 heavy (non-hydrogen) atoms. The van der Waals surface area contributed by atoms with Crippen molar-refractivity contribution in [1.82, 2.24) is 25.3 Å². The summed E-state index contributed by atoms with van der Waals surface area (Å²) in [4.78, 5) is 28.9. The summed E-state index contributed by atoms with van der Waals surface area (Å²) in [7, 11) is 0. The number of amides is 1. The SMILES string of the molecule is NC(=O)CC1CN(c2cc(-c3cnc(/C=C\C(=[NH2+])C(F)F)[nH]3)ncn2)CCN1. The van der Waals surface area contributed by atoms with E-state index in [0.717, 1.165) is 12.6 Å². The van der Waals surface area contributed by atoms with E-state index in [1.807, 2.05) is 4.90 Å². The Balaban J connectivity index is 1.73. The molecule has 1 unspecified atom stereocenters. The van der Waals surface area contributed by atoms with Gasteiger partial charge in [0.05, 0.1) is 17.6 Å². The summed E-state index contributed by atoms with van der Waals surface area (Å²) in [6.07, 6.45) is 3.01. The fraction of sp³-hybridized carbons (Fsp3) is 0.353. The fourth-order valence-electron chi connectivity index (χ4n) is 2.88. The molecule has 0 aromatic carbocycles. The minimum Gasteiger partial charge on any atom is -0.370 e. The molecule has 2 aromatic heterocycles. The average molecular weight is 391 g/mol. The van der Waals surface area contributed by atoms with E-state index in [9.17, 15) is 13.6 Å². The van der Waals surface area contributed by atoms with E-state index in [4.69, 9.17) is 11.1 Å². The van der Waals surface area contributed by atoms with Crippen LogP contribution in [0.2, 0.25) is 0 Å². The van der Waals surface area contributed by atoms with Crippen LogP contribution in [0.5, 0.6) is 0 Å². The number of hydrogen-bond donors (Lipinski definition) is 4. The lowest BCUT2D eigenvalue weighted by Gasteiger charge is -2.34. The van der Waals surface area contributed by atoms with E-state index < -0.39 is 12.1 Å². The van der Waals surface area contributed by atoms with Crippen molar-refractivity contribution in [3.63, 3.8) is 0 Å². The fourth-order valence-corrected chi connectivity index (χ4v) is 2.88. The molecular formula is C17H21F2N8O+. The number of nitrogens with one attached hydrogen (secondary N) is 2. The van der Waals surface area contributed by atoms with Crippen LogP contribution in [-0.2, 0) is 4.79 Å². The number of aromatic nitrogens is 4. The number of piperazine rings is 1. The molecule has 1 fully saturated rings. The third-order valence-corrected chi connectivity index (χ3v) is 4.24. The maximum absolute atomic E-state index is 12.4. The Bertz CT molecular complexity index is 882. The average Bonchev–Trinajstić information content (AvgIpc) is 3.15. The molecule has 1 amide bonds. The first-order valence-corrected chi connectivity index (χ1v) is 8.65. The van der Waals surface area contributed by atoms with Gasteiger partial charge < -0.3 is 20.9 Å². The highest BCUT2D eigenvalue weighted by atomic mass is 19.3. The summed E-state index contributed by atoms with van der Waals surface area (Å²) in [6, 6.07) is 1.76. The molecular weight excluding hydrogens is 370 g/mol. The summed E-state index contributed by atoms with van der Waals surface area (Å²) < 4.78 is 24.8. The molecule has 0 aliphatic carbocycles. The van der Waals surface area contributed by atoms with E-state index in [1.54, 1.807) is 12.3 Å². The van der Waals surface area contributed by atoms with Gasteiger partial charge in [0.1, 0.15) is 18.0 Å². The number of anilines is 1. The Hall–Kier alpha value is -3.21. The lowest BCUT2D eigenvalue weighted by molar-refractivity contribution is -0.124. The first-order valence-electron chi connectivity index (χ1n) is 8.65. The van der Waals surface area contributed by atoms with Crippen LogP contribution >= 0.6 is 0 Å². The number of primary amides is 1. The van der Waals surface area contributed by atoms with Crippen LogP contribution in [-0.4, -0.2) is 63.7 Å². The third-order valence-electron chi connectivity index (χ3n) is 4.24. The molecule has 0 bridgehead atoms. The van der Waals surface area contributed by atoms with Crippen molar-refractivity contribution >= 4 is 23.5 Å². The van der Waals surface area contributed by atoms with Crippen molar-refractivity contribution < 1.29 is 19.0 Å². The van der Waals surface area contributed by atoms with Gasteiger partial charge in [-0.15, -0.1) is 0 Å². The number of imidazole rings is 1. The van der Waals surface area contributed by atoms with Crippen LogP contribution in [0, 0.1) is 0 Å². The molecule has 9 nitrogen and oxygen atoms in total. The zero-order valence-electron chi connectivity index (χ0n) is 15.0. The molecule has 1 saturated heterocycles. The molecule has 1 atom stereocenters. The third kappa shape index (κ3) is 4.94. The van der Waals surface area contributed by atoms with Crippen molar-refractivity contribution in [2.75, 3.05) is 24.5 Å². The molecule has 3 rings (SSSR count). The minimum atomic E-state index is -2.72. The largest absolute Gasteiger partial charge is 0.370 e. The highest BCUT2D eigenvalue weighted by molar-refractivity contribution is 5.95. The molecule has 0 spiro atoms. The van der Waals surface area contributed by atoms with Crippen LogP contribution in [0.3, 0.4) is 0 Å². The number of halogens is 2. The Morgan fingerprint density at radius 1 is 1.43 bits per heavy atom. The molecule has 2 aromatic rings. The number of H-pyrrole nitrogens is 1. The Kier molecular flexibility index (Phi) is 6.04. The first-order chi connectivity index (χ1) is 13.4. The Morgan fingerprint density at radius 2 is 2.25 bits per heavy atom. The van der Waals surface area contributed by atoms with E-state index in [-0.39, 0.29) is 18.4 Å². The molecule has 6 N–H and O–H groups in total. The van der Waals surface area contributed by atoms with Gasteiger partial charge in [0.2, 0.25) is 11.6 Å². The smallest absolute Gasteiger partial charge is 0.320 e. The lowest BCUT2D eigenvalue weighted by atomic mass is 10.1. The second-order valence-electron chi connectivity index (χ2n) is 6.35. The first kappa shape index (κ1) is 19.5. The highest BCUT2D eigenvalue weighted by Gasteiger charge is 2.22. The normalized spacial score (nSPS) is 17.4. The van der Waals surface area contributed by atoms with Crippen molar-refractivity contribution in [3.05, 3.63) is 30.5 Å². The van der Waals surface area contributed by atoms with Crippen molar-refractivity contribution in [3.8, 4) is 11.4 Å². The van der Waals surface area contributed by atoms with Gasteiger partial charge in [0.25, 0.3) is 0 Å². The Morgan fingerprint density at radius 3 is 3.00 bits per heavy atom. The number of aromatic amines is 1. The molecule has 11 heteroatoms. The van der Waals surface area contributed by atoms with Crippen LogP contribution in [0.4, 0.5) is 14.6 Å². The van der Waals surface area contributed by atoms with Crippen LogP contribution < -0.4 is 21.4 Å². The zero-order valence-corrected chi connectivity index (χ0v) is 15.0. The maximum Gasteiger partial charge on any atom is 0.320 e. The number of carbonyl (C=O) groups is 1. The number of nitrogens with two attached hydrogens (primary N) is 2. The van der Waals surface area contributed by atoms with Crippen molar-refractivity contribution in [2.24, 2.45) is 5.73 Å². The van der Waals surface area contributed by atoms with Crippen molar-refractivity contribution in [1.29, 1.82) is 0 Å². The van der Waals surface area contributed by atoms with E-state index in [1.165, 1.54) is 12.4 Å². The van der Waals surface area contributed by atoms with Gasteiger partial charge >= 0.3 is 6.43 Å². The van der Waals surface area contributed by atoms with Gasteiger partial charge in [-0.3, -0.25) is 10.2 Å². The predicted molar refractivity (Wildman–Crippen MR) is 99.4 cm³/mol. The monoisotopic (exact) mass is 391 g/mol. The lowest BCUT2D eigenvalue weighted by Crippen LogP contribution is -2.52. The minimum absolute atomic E-state index is 0.0369. The van der Waals surface area contributed by atoms with E-state index >= 15 is 0 Å². The number of allylic oxidation sites excluding steroid dienone is 1. The van der Waals surface area contributed by atoms with Gasteiger partial charge in [-0.1, -0.05) is 0 Å². The quantitative estimate of drug-likeness (QED) is 0.447. The number of alkyl halides is 2. The topological polar surface area (TPSA) is 138 Å². The van der Waals surface area contributed by atoms with Gasteiger partial charge in [0.15, 0.2) is 0 Å². The number of rotatable bonds is 7. The zero-order chi connectivity index (χ0) is 20.1. The summed E-state index contributed by atoms with van der Waals surface area (Å²) in [5.74, 6) is 0.732. The van der Waals surface area contributed by atoms with Crippen LogP contribution in [0.1, 0.15) is 12.2 Å². The molecule has 0 radical (unpaired) electrons. The van der Waals surface area contributed by atoms with Crippen molar-refractivity contribution in [2.45, 2.75) is 18.9 Å². The maximum atomic E-state index is 12.4.